The van der Waals surface area contributed by atoms with Gasteiger partial charge in [-0.25, -0.2) is 4.79 Å². The smallest absolute Gasteiger partial charge is 0.335 e. The van der Waals surface area contributed by atoms with E-state index < -0.39 is 5.97 Å². The Morgan fingerprint density at radius 2 is 2.10 bits per heavy atom. The highest BCUT2D eigenvalue weighted by molar-refractivity contribution is 6.32. The summed E-state index contributed by atoms with van der Waals surface area (Å²) in [6, 6.07) is 4.52. The molecular weight excluding hydrogens is 280 g/mol. The van der Waals surface area contributed by atoms with Crippen molar-refractivity contribution in [3.8, 4) is 5.69 Å². The fraction of sp³-hybridized carbons (Fsp3) is 0.385. The SMILES string of the molecule is O=C(O)c1ccc(Cl)c(-n2nnnc2C2CCCC2)c1. The minimum atomic E-state index is -1.00. The number of aromatic carboxylic acids is 1. The summed E-state index contributed by atoms with van der Waals surface area (Å²) < 4.78 is 1.56. The van der Waals surface area contributed by atoms with Crippen LogP contribution < -0.4 is 0 Å². The lowest BCUT2D eigenvalue weighted by atomic mass is 10.1. The van der Waals surface area contributed by atoms with Crippen LogP contribution in [0.25, 0.3) is 5.69 Å². The Balaban J connectivity index is 2.07. The molecule has 0 unspecified atom stereocenters. The van der Waals surface area contributed by atoms with Crippen molar-refractivity contribution in [3.05, 3.63) is 34.6 Å². The van der Waals surface area contributed by atoms with Crippen molar-refractivity contribution < 1.29 is 9.90 Å². The van der Waals surface area contributed by atoms with Crippen molar-refractivity contribution >= 4 is 17.6 Å². The number of hydrogen-bond donors (Lipinski definition) is 1. The first-order valence-corrected chi connectivity index (χ1v) is 6.86. The van der Waals surface area contributed by atoms with Crippen molar-refractivity contribution in [2.24, 2.45) is 0 Å². The van der Waals surface area contributed by atoms with Crippen LogP contribution in [-0.4, -0.2) is 31.3 Å². The number of carbonyl (C=O) groups is 1. The summed E-state index contributed by atoms with van der Waals surface area (Å²) in [7, 11) is 0. The second kappa shape index (κ2) is 5.20. The number of hydrogen-bond acceptors (Lipinski definition) is 4. The summed E-state index contributed by atoms with van der Waals surface area (Å²) in [6.45, 7) is 0. The second-order valence-electron chi connectivity index (χ2n) is 4.90. The highest BCUT2D eigenvalue weighted by Crippen LogP contribution is 2.34. The molecule has 1 saturated carbocycles. The highest BCUT2D eigenvalue weighted by atomic mass is 35.5. The van der Waals surface area contributed by atoms with Gasteiger partial charge in [-0.1, -0.05) is 24.4 Å². The molecule has 1 heterocycles. The molecule has 7 heteroatoms. The lowest BCUT2D eigenvalue weighted by Gasteiger charge is -2.11. The molecular formula is C13H13ClN4O2. The van der Waals surface area contributed by atoms with Crippen LogP contribution in [0.3, 0.4) is 0 Å². The maximum Gasteiger partial charge on any atom is 0.335 e. The van der Waals surface area contributed by atoms with E-state index in [4.69, 9.17) is 16.7 Å². The third kappa shape index (κ3) is 2.27. The molecule has 2 aromatic rings. The average molecular weight is 293 g/mol. The van der Waals surface area contributed by atoms with Gasteiger partial charge in [0.15, 0.2) is 5.82 Å². The molecule has 104 valence electrons. The zero-order valence-electron chi connectivity index (χ0n) is 10.7. The Morgan fingerprint density at radius 3 is 2.80 bits per heavy atom. The van der Waals surface area contributed by atoms with E-state index in [1.807, 2.05) is 0 Å². The van der Waals surface area contributed by atoms with Gasteiger partial charge in [-0.05, 0) is 41.5 Å². The summed E-state index contributed by atoms with van der Waals surface area (Å²) in [4.78, 5) is 11.1. The summed E-state index contributed by atoms with van der Waals surface area (Å²) >= 11 is 6.16. The van der Waals surface area contributed by atoms with Gasteiger partial charge in [0.2, 0.25) is 0 Å². The Morgan fingerprint density at radius 1 is 1.35 bits per heavy atom. The van der Waals surface area contributed by atoms with Crippen molar-refractivity contribution in [1.29, 1.82) is 0 Å². The molecule has 3 rings (SSSR count). The highest BCUT2D eigenvalue weighted by Gasteiger charge is 2.24. The van der Waals surface area contributed by atoms with E-state index in [1.165, 1.54) is 25.0 Å². The predicted octanol–water partition coefficient (Wildman–Crippen LogP) is 2.67. The van der Waals surface area contributed by atoms with Crippen LogP contribution in [0.4, 0.5) is 0 Å². The zero-order chi connectivity index (χ0) is 14.1. The van der Waals surface area contributed by atoms with Gasteiger partial charge in [0, 0.05) is 5.92 Å². The van der Waals surface area contributed by atoms with Crippen molar-refractivity contribution in [3.63, 3.8) is 0 Å². The van der Waals surface area contributed by atoms with Gasteiger partial charge in [-0.3, -0.25) is 0 Å². The van der Waals surface area contributed by atoms with Crippen LogP contribution in [0.15, 0.2) is 18.2 Å². The molecule has 1 aromatic carbocycles. The predicted molar refractivity (Wildman–Crippen MR) is 72.3 cm³/mol. The van der Waals surface area contributed by atoms with Gasteiger partial charge >= 0.3 is 5.97 Å². The largest absolute Gasteiger partial charge is 0.478 e. The van der Waals surface area contributed by atoms with Gasteiger partial charge < -0.3 is 5.11 Å². The first-order valence-electron chi connectivity index (χ1n) is 6.48. The van der Waals surface area contributed by atoms with Crippen LogP contribution in [0.1, 0.15) is 47.8 Å². The molecule has 0 radical (unpaired) electrons. The zero-order valence-corrected chi connectivity index (χ0v) is 11.4. The summed E-state index contributed by atoms with van der Waals surface area (Å²) in [6.07, 6.45) is 4.44. The summed E-state index contributed by atoms with van der Waals surface area (Å²) in [5.41, 5.74) is 0.677. The molecule has 0 atom stereocenters. The maximum atomic E-state index is 11.1. The minimum absolute atomic E-state index is 0.164. The quantitative estimate of drug-likeness (QED) is 0.940. The van der Waals surface area contributed by atoms with Crippen LogP contribution in [-0.2, 0) is 0 Å². The number of nitrogens with zero attached hydrogens (tertiary/aromatic N) is 4. The van der Waals surface area contributed by atoms with E-state index in [-0.39, 0.29) is 5.56 Å². The Bertz CT molecular complexity index is 650. The molecule has 20 heavy (non-hydrogen) atoms. The van der Waals surface area contributed by atoms with Crippen LogP contribution in [0.2, 0.25) is 5.02 Å². The van der Waals surface area contributed by atoms with Crippen LogP contribution in [0, 0.1) is 0 Å². The van der Waals surface area contributed by atoms with Crippen LogP contribution >= 0.6 is 11.6 Å². The number of tetrazole rings is 1. The first-order chi connectivity index (χ1) is 9.66. The average Bonchev–Trinajstić information content (AvgIpc) is 3.09. The Hall–Kier alpha value is -1.95. The molecule has 1 aromatic heterocycles. The van der Waals surface area contributed by atoms with Crippen molar-refractivity contribution in [2.45, 2.75) is 31.6 Å². The monoisotopic (exact) mass is 292 g/mol. The number of rotatable bonds is 3. The van der Waals surface area contributed by atoms with Crippen molar-refractivity contribution in [2.75, 3.05) is 0 Å². The molecule has 1 aliphatic carbocycles. The van der Waals surface area contributed by atoms with E-state index in [0.717, 1.165) is 18.7 Å². The summed E-state index contributed by atoms with van der Waals surface area (Å²) in [5, 5.41) is 21.3. The molecule has 0 aliphatic heterocycles. The number of carboxylic acid groups (broad SMARTS) is 1. The fourth-order valence-corrected chi connectivity index (χ4v) is 2.81. The number of halogens is 1. The maximum absolute atomic E-state index is 11.1. The lowest BCUT2D eigenvalue weighted by Crippen LogP contribution is -2.08. The third-order valence-electron chi connectivity index (χ3n) is 3.64. The molecule has 1 fully saturated rings. The first kappa shape index (κ1) is 13.1. The topological polar surface area (TPSA) is 80.9 Å². The second-order valence-corrected chi connectivity index (χ2v) is 5.31. The van der Waals surface area contributed by atoms with Gasteiger partial charge in [0.05, 0.1) is 16.3 Å². The summed E-state index contributed by atoms with van der Waals surface area (Å²) in [5.74, 6) is 0.0693. The molecule has 1 aliphatic rings. The van der Waals surface area contributed by atoms with E-state index >= 15 is 0 Å². The molecule has 0 bridgehead atoms. The molecule has 0 spiro atoms. The lowest BCUT2D eigenvalue weighted by molar-refractivity contribution is 0.0697. The number of carboxylic acids is 1. The van der Waals surface area contributed by atoms with E-state index in [1.54, 1.807) is 10.7 Å². The normalized spacial score (nSPS) is 15.7. The van der Waals surface area contributed by atoms with Crippen molar-refractivity contribution in [1.82, 2.24) is 20.2 Å². The van der Waals surface area contributed by atoms with Gasteiger partial charge in [-0.15, -0.1) is 5.10 Å². The van der Waals surface area contributed by atoms with Gasteiger partial charge in [-0.2, -0.15) is 4.68 Å². The number of benzene rings is 1. The standard InChI is InChI=1S/C13H13ClN4O2/c14-10-6-5-9(13(19)20)7-11(10)18-12(15-16-17-18)8-3-1-2-4-8/h5-8H,1-4H2,(H,19,20). The van der Waals surface area contributed by atoms with E-state index in [0.29, 0.717) is 16.6 Å². The van der Waals surface area contributed by atoms with Gasteiger partial charge in [0.25, 0.3) is 0 Å². The Kier molecular flexibility index (Phi) is 3.40. The molecule has 1 N–H and O–H groups in total. The molecule has 6 nitrogen and oxygen atoms in total. The molecule has 0 amide bonds. The van der Waals surface area contributed by atoms with E-state index in [2.05, 4.69) is 15.5 Å². The van der Waals surface area contributed by atoms with Crippen LogP contribution in [0.5, 0.6) is 0 Å². The Labute approximate surface area is 120 Å². The number of aromatic nitrogens is 4. The molecule has 0 saturated heterocycles. The van der Waals surface area contributed by atoms with Gasteiger partial charge in [0.1, 0.15) is 0 Å². The van der Waals surface area contributed by atoms with E-state index in [9.17, 15) is 4.79 Å². The fourth-order valence-electron chi connectivity index (χ4n) is 2.61. The minimum Gasteiger partial charge on any atom is -0.478 e. The third-order valence-corrected chi connectivity index (χ3v) is 3.95.